The lowest BCUT2D eigenvalue weighted by molar-refractivity contribution is 0.0785. The summed E-state index contributed by atoms with van der Waals surface area (Å²) >= 11 is 8.36. The summed E-state index contributed by atoms with van der Waals surface area (Å²) in [4.78, 5) is 14.0. The average Bonchev–Trinajstić information content (AvgIpc) is 2.77. The first-order chi connectivity index (χ1) is 8.97. The summed E-state index contributed by atoms with van der Waals surface area (Å²) in [5, 5.41) is 2.03. The summed E-state index contributed by atoms with van der Waals surface area (Å²) in [5.41, 5.74) is 8.08. The van der Waals surface area contributed by atoms with Crippen LogP contribution < -0.4 is 5.73 Å². The van der Waals surface area contributed by atoms with E-state index in [1.807, 2.05) is 11.4 Å². The minimum Gasteiger partial charge on any atom is -0.398 e. The van der Waals surface area contributed by atoms with Gasteiger partial charge in [0.25, 0.3) is 5.91 Å². The Bertz CT molecular complexity index is 612. The van der Waals surface area contributed by atoms with Crippen molar-refractivity contribution in [2.75, 3.05) is 12.8 Å². The molecule has 0 unspecified atom stereocenters. The minimum atomic E-state index is -0.0250. The van der Waals surface area contributed by atoms with Crippen LogP contribution in [0.1, 0.15) is 15.9 Å². The molecule has 0 aliphatic heterocycles. The van der Waals surface area contributed by atoms with E-state index in [2.05, 4.69) is 31.9 Å². The first-order valence-corrected chi connectivity index (χ1v) is 7.97. The van der Waals surface area contributed by atoms with Gasteiger partial charge in [-0.2, -0.15) is 0 Å². The third-order valence-electron chi connectivity index (χ3n) is 2.64. The predicted molar refractivity (Wildman–Crippen MR) is 86.4 cm³/mol. The molecule has 1 heterocycles. The van der Waals surface area contributed by atoms with Crippen LogP contribution in [0.15, 0.2) is 37.9 Å². The molecule has 2 aromatic rings. The Morgan fingerprint density at radius 3 is 2.68 bits per heavy atom. The Hall–Kier alpha value is -0.850. The summed E-state index contributed by atoms with van der Waals surface area (Å²) in [6, 6.07) is 7.24. The highest BCUT2D eigenvalue weighted by Crippen LogP contribution is 2.23. The molecule has 0 aliphatic rings. The number of nitrogen functional groups attached to an aromatic ring is 1. The van der Waals surface area contributed by atoms with E-state index in [1.165, 1.54) is 0 Å². The number of nitrogens with zero attached hydrogens (tertiary/aromatic N) is 1. The van der Waals surface area contributed by atoms with E-state index in [0.717, 1.165) is 13.8 Å². The van der Waals surface area contributed by atoms with Gasteiger partial charge in [-0.1, -0.05) is 0 Å². The number of benzene rings is 1. The van der Waals surface area contributed by atoms with Gasteiger partial charge in [-0.3, -0.25) is 4.79 Å². The standard InChI is InChI=1S/C13H12Br2N2OS/c1-17(6-8-4-12(15)19-7-8)13(18)9-2-3-11(16)10(14)5-9/h2-5,7H,6,16H2,1H3. The van der Waals surface area contributed by atoms with Crippen LogP contribution in [0.2, 0.25) is 0 Å². The van der Waals surface area contributed by atoms with Gasteiger partial charge in [0, 0.05) is 29.3 Å². The fraction of sp³-hybridized carbons (Fsp3) is 0.154. The number of amides is 1. The molecule has 1 amide bonds. The molecule has 0 atom stereocenters. The predicted octanol–water partition coefficient (Wildman–Crippen LogP) is 4.13. The number of thiophene rings is 1. The second kappa shape index (κ2) is 6.07. The van der Waals surface area contributed by atoms with Crippen LogP contribution >= 0.6 is 43.2 Å². The van der Waals surface area contributed by atoms with Crippen LogP contribution in [0.4, 0.5) is 5.69 Å². The van der Waals surface area contributed by atoms with Crippen LogP contribution in [0.3, 0.4) is 0 Å². The van der Waals surface area contributed by atoms with Gasteiger partial charge in [0.1, 0.15) is 0 Å². The highest BCUT2D eigenvalue weighted by molar-refractivity contribution is 9.11. The Labute approximate surface area is 132 Å². The second-order valence-electron chi connectivity index (χ2n) is 4.16. The normalized spacial score (nSPS) is 10.5. The van der Waals surface area contributed by atoms with Gasteiger partial charge < -0.3 is 10.6 Å². The molecule has 0 fully saturated rings. The molecule has 0 aliphatic carbocycles. The van der Waals surface area contributed by atoms with Gasteiger partial charge >= 0.3 is 0 Å². The molecule has 0 spiro atoms. The molecule has 3 nitrogen and oxygen atoms in total. The van der Waals surface area contributed by atoms with Gasteiger partial charge in [-0.25, -0.2) is 0 Å². The van der Waals surface area contributed by atoms with Crippen molar-refractivity contribution in [1.82, 2.24) is 4.90 Å². The van der Waals surface area contributed by atoms with Crippen LogP contribution in [0.25, 0.3) is 0 Å². The maximum Gasteiger partial charge on any atom is 0.253 e. The molecule has 0 saturated carbocycles. The van der Waals surface area contributed by atoms with Crippen LogP contribution in [-0.4, -0.2) is 17.9 Å². The van der Waals surface area contributed by atoms with Crippen molar-refractivity contribution in [3.05, 3.63) is 49.0 Å². The lowest BCUT2D eigenvalue weighted by atomic mass is 10.2. The van der Waals surface area contributed by atoms with Crippen molar-refractivity contribution < 1.29 is 4.79 Å². The molecule has 100 valence electrons. The number of nitrogens with two attached hydrogens (primary N) is 1. The molecular weight excluding hydrogens is 392 g/mol. The first-order valence-electron chi connectivity index (χ1n) is 5.51. The molecule has 1 aromatic carbocycles. The lowest BCUT2D eigenvalue weighted by Crippen LogP contribution is -2.26. The Kier molecular flexibility index (Phi) is 4.65. The van der Waals surface area contributed by atoms with E-state index in [0.29, 0.717) is 17.8 Å². The van der Waals surface area contributed by atoms with Crippen LogP contribution in [0, 0.1) is 0 Å². The summed E-state index contributed by atoms with van der Waals surface area (Å²) < 4.78 is 1.81. The third kappa shape index (κ3) is 3.58. The highest BCUT2D eigenvalue weighted by atomic mass is 79.9. The molecule has 0 radical (unpaired) electrons. The van der Waals surface area contributed by atoms with E-state index in [1.54, 1.807) is 41.5 Å². The fourth-order valence-electron chi connectivity index (χ4n) is 1.65. The van der Waals surface area contributed by atoms with Gasteiger partial charge in [0.05, 0.1) is 3.79 Å². The summed E-state index contributed by atoms with van der Waals surface area (Å²) in [6.07, 6.45) is 0. The molecule has 6 heteroatoms. The lowest BCUT2D eigenvalue weighted by Gasteiger charge is -2.16. The number of halogens is 2. The number of rotatable bonds is 3. The molecule has 0 bridgehead atoms. The second-order valence-corrected chi connectivity index (χ2v) is 7.30. The molecule has 19 heavy (non-hydrogen) atoms. The molecule has 2 rings (SSSR count). The topological polar surface area (TPSA) is 46.3 Å². The van der Waals surface area contributed by atoms with Crippen molar-refractivity contribution in [3.63, 3.8) is 0 Å². The van der Waals surface area contributed by atoms with E-state index < -0.39 is 0 Å². The highest BCUT2D eigenvalue weighted by Gasteiger charge is 2.13. The first kappa shape index (κ1) is 14.6. The SMILES string of the molecule is CN(Cc1csc(Br)c1)C(=O)c1ccc(N)c(Br)c1. The Morgan fingerprint density at radius 1 is 1.37 bits per heavy atom. The monoisotopic (exact) mass is 402 g/mol. The molecule has 0 saturated heterocycles. The van der Waals surface area contributed by atoms with Crippen LogP contribution in [0.5, 0.6) is 0 Å². The summed E-state index contributed by atoms with van der Waals surface area (Å²) in [7, 11) is 1.79. The fourth-order valence-corrected chi connectivity index (χ4v) is 3.23. The smallest absolute Gasteiger partial charge is 0.253 e. The van der Waals surface area contributed by atoms with E-state index in [-0.39, 0.29) is 5.91 Å². The number of hydrogen-bond donors (Lipinski definition) is 1. The van der Waals surface area contributed by atoms with Crippen molar-refractivity contribution >= 4 is 54.8 Å². The van der Waals surface area contributed by atoms with Crippen LogP contribution in [-0.2, 0) is 6.54 Å². The zero-order valence-corrected chi connectivity index (χ0v) is 14.2. The zero-order chi connectivity index (χ0) is 14.0. The van der Waals surface area contributed by atoms with Crippen molar-refractivity contribution in [2.24, 2.45) is 0 Å². The van der Waals surface area contributed by atoms with E-state index in [4.69, 9.17) is 5.73 Å². The maximum atomic E-state index is 12.3. The largest absolute Gasteiger partial charge is 0.398 e. The van der Waals surface area contributed by atoms with Crippen molar-refractivity contribution in [1.29, 1.82) is 0 Å². The number of carbonyl (C=O) groups excluding carboxylic acids is 1. The van der Waals surface area contributed by atoms with Gasteiger partial charge in [-0.15, -0.1) is 11.3 Å². The van der Waals surface area contributed by atoms with Gasteiger partial charge in [0.2, 0.25) is 0 Å². The quantitative estimate of drug-likeness (QED) is 0.783. The molecular formula is C13H12Br2N2OS. The summed E-state index contributed by atoms with van der Waals surface area (Å²) in [6.45, 7) is 0.586. The molecule has 2 N–H and O–H groups in total. The van der Waals surface area contributed by atoms with E-state index in [9.17, 15) is 4.79 Å². The Balaban J connectivity index is 2.12. The average molecular weight is 404 g/mol. The zero-order valence-electron chi connectivity index (χ0n) is 10.2. The van der Waals surface area contributed by atoms with Gasteiger partial charge in [-0.05, 0) is 67.1 Å². The third-order valence-corrected chi connectivity index (χ3v) is 4.88. The van der Waals surface area contributed by atoms with Crippen molar-refractivity contribution in [2.45, 2.75) is 6.54 Å². The molecule has 1 aromatic heterocycles. The minimum absolute atomic E-state index is 0.0250. The number of anilines is 1. The summed E-state index contributed by atoms with van der Waals surface area (Å²) in [5.74, 6) is -0.0250. The Morgan fingerprint density at radius 2 is 2.11 bits per heavy atom. The number of carbonyl (C=O) groups is 1. The van der Waals surface area contributed by atoms with E-state index >= 15 is 0 Å². The van der Waals surface area contributed by atoms with Gasteiger partial charge in [0.15, 0.2) is 0 Å². The number of hydrogen-bond acceptors (Lipinski definition) is 3. The maximum absolute atomic E-state index is 12.3. The van der Waals surface area contributed by atoms with Crippen molar-refractivity contribution in [3.8, 4) is 0 Å².